The van der Waals surface area contributed by atoms with Crippen LogP contribution in [-0.4, -0.2) is 57.3 Å². The van der Waals surface area contributed by atoms with E-state index in [0.717, 1.165) is 61.0 Å². The number of hydrogen-bond donors (Lipinski definition) is 1. The number of ether oxygens (including phenoxy) is 1. The van der Waals surface area contributed by atoms with Gasteiger partial charge in [-0.15, -0.1) is 0 Å². The van der Waals surface area contributed by atoms with E-state index >= 15 is 0 Å². The fourth-order valence-electron chi connectivity index (χ4n) is 5.39. The molecule has 1 aromatic carbocycles. The maximum Gasteiger partial charge on any atom is 0.324 e. The van der Waals surface area contributed by atoms with Crippen LogP contribution in [0.15, 0.2) is 41.3 Å². The summed E-state index contributed by atoms with van der Waals surface area (Å²) in [6.07, 6.45) is 9.47. The first-order chi connectivity index (χ1) is 19.7. The van der Waals surface area contributed by atoms with Crippen LogP contribution < -0.4 is 31.8 Å². The fourth-order valence-corrected chi connectivity index (χ4v) is 5.39. The Morgan fingerprint density at radius 2 is 1.83 bits per heavy atom. The van der Waals surface area contributed by atoms with Crippen LogP contribution in [0, 0.1) is 11.7 Å². The first kappa shape index (κ1) is 28.5. The summed E-state index contributed by atoms with van der Waals surface area (Å²) in [6, 6.07) is 7.34. The zero-order valence-electron chi connectivity index (χ0n) is 23.9. The van der Waals surface area contributed by atoms with Gasteiger partial charge in [0, 0.05) is 38.4 Å². The lowest BCUT2D eigenvalue weighted by Crippen LogP contribution is -2.46. The molecule has 1 aliphatic carbocycles. The molecule has 41 heavy (non-hydrogen) atoms. The van der Waals surface area contributed by atoms with Crippen molar-refractivity contribution in [2.45, 2.75) is 64.9 Å². The monoisotopic (exact) mass is 563 g/mol. The highest BCUT2D eigenvalue weighted by molar-refractivity contribution is 5.75. The first-order valence-electron chi connectivity index (χ1n) is 14.2. The number of piperidine rings is 1. The molecule has 0 spiro atoms. The van der Waals surface area contributed by atoms with Crippen molar-refractivity contribution in [3.05, 3.63) is 69.0 Å². The van der Waals surface area contributed by atoms with Gasteiger partial charge in [0.15, 0.2) is 6.73 Å². The molecular formula is C30H38FN7O3. The highest BCUT2D eigenvalue weighted by Crippen LogP contribution is 2.23. The number of imidazole rings is 1. The number of rotatable bonds is 9. The van der Waals surface area contributed by atoms with Gasteiger partial charge < -0.3 is 24.8 Å². The van der Waals surface area contributed by atoms with Gasteiger partial charge >= 0.3 is 5.97 Å². The zero-order chi connectivity index (χ0) is 29.1. The standard InChI is InChI=1S/C30H38FN7O3/c1-20(2)27(32)28(40)41-19-38-26(39)12-15-33-29(38)35(3)23-13-16-36(17-14-23)30-34-24-6-4-5-7-25(24)37(30)18-21-8-10-22(31)11-9-21/h6-12,15,20,23,27H,4-5,13-14,16-19,32H2,1-3H3. The molecule has 0 saturated carbocycles. The van der Waals surface area contributed by atoms with Crippen molar-refractivity contribution < 1.29 is 13.9 Å². The molecule has 0 radical (unpaired) electrons. The van der Waals surface area contributed by atoms with E-state index in [1.54, 1.807) is 0 Å². The second kappa shape index (κ2) is 12.3. The lowest BCUT2D eigenvalue weighted by Gasteiger charge is -2.38. The first-order valence-corrected chi connectivity index (χ1v) is 14.2. The fraction of sp³-hybridized carbons (Fsp3) is 0.467. The van der Waals surface area contributed by atoms with Gasteiger partial charge in [0.25, 0.3) is 5.56 Å². The van der Waals surface area contributed by atoms with E-state index in [0.29, 0.717) is 12.5 Å². The molecule has 218 valence electrons. The van der Waals surface area contributed by atoms with E-state index in [1.807, 2.05) is 37.9 Å². The van der Waals surface area contributed by atoms with Gasteiger partial charge in [0.05, 0.1) is 17.2 Å². The number of esters is 1. The topological polar surface area (TPSA) is 112 Å². The second-order valence-electron chi connectivity index (χ2n) is 11.1. The smallest absolute Gasteiger partial charge is 0.324 e. The lowest BCUT2D eigenvalue weighted by molar-refractivity contribution is -0.150. The summed E-state index contributed by atoms with van der Waals surface area (Å²) in [5.74, 6) is 0.486. The van der Waals surface area contributed by atoms with Crippen LogP contribution in [0.1, 0.15) is 45.1 Å². The predicted octanol–water partition coefficient (Wildman–Crippen LogP) is 1.57. The number of carbonyl (C=O) groups is 1. The molecule has 11 heteroatoms. The Morgan fingerprint density at radius 3 is 2.54 bits per heavy atom. The summed E-state index contributed by atoms with van der Waals surface area (Å²) in [6.45, 7) is 5.59. The predicted molar refractivity (Wildman–Crippen MR) is 156 cm³/mol. The Hall–Kier alpha value is -3.99. The molecule has 1 aliphatic heterocycles. The second-order valence-corrected chi connectivity index (χ2v) is 11.1. The molecule has 2 aliphatic rings. The number of hydrogen-bond acceptors (Lipinski definition) is 8. The van der Waals surface area contributed by atoms with Crippen LogP contribution in [0.4, 0.5) is 16.3 Å². The molecule has 0 amide bonds. The number of nitrogens with zero attached hydrogens (tertiary/aromatic N) is 6. The Kier molecular flexibility index (Phi) is 8.53. The third kappa shape index (κ3) is 6.19. The highest BCUT2D eigenvalue weighted by Gasteiger charge is 2.28. The van der Waals surface area contributed by atoms with Crippen LogP contribution in [0.3, 0.4) is 0 Å². The van der Waals surface area contributed by atoms with Crippen molar-refractivity contribution in [2.24, 2.45) is 11.7 Å². The average molecular weight is 564 g/mol. The molecule has 1 atom stereocenters. The van der Waals surface area contributed by atoms with Crippen molar-refractivity contribution in [3.63, 3.8) is 0 Å². The Labute approximate surface area is 238 Å². The Balaban J connectivity index is 1.31. The van der Waals surface area contributed by atoms with Gasteiger partial charge in [-0.3, -0.25) is 9.59 Å². The van der Waals surface area contributed by atoms with Crippen molar-refractivity contribution >= 4 is 30.0 Å². The average Bonchev–Trinajstić information content (AvgIpc) is 3.34. The van der Waals surface area contributed by atoms with Crippen LogP contribution in [0.5, 0.6) is 0 Å². The molecule has 0 bridgehead atoms. The Morgan fingerprint density at radius 1 is 1.12 bits per heavy atom. The third-order valence-corrected chi connectivity index (χ3v) is 7.96. The van der Waals surface area contributed by atoms with Gasteiger partial charge in [0.2, 0.25) is 11.9 Å². The van der Waals surface area contributed by atoms with Gasteiger partial charge in [-0.25, -0.2) is 18.9 Å². The largest absolute Gasteiger partial charge is 0.443 e. The van der Waals surface area contributed by atoms with Gasteiger partial charge in [-0.2, -0.15) is 0 Å². The molecule has 2 aromatic heterocycles. The Bertz CT molecular complexity index is 1560. The normalized spacial score (nSPS) is 16.1. The number of fused-ring (bicyclic) bond motifs is 1. The summed E-state index contributed by atoms with van der Waals surface area (Å²) in [5, 5.41) is 2.11. The summed E-state index contributed by atoms with van der Waals surface area (Å²) >= 11 is 0. The maximum atomic E-state index is 13.5. The van der Waals surface area contributed by atoms with Crippen LogP contribution >= 0.6 is 0 Å². The van der Waals surface area contributed by atoms with Crippen molar-refractivity contribution in [1.29, 1.82) is 0 Å². The van der Waals surface area contributed by atoms with Gasteiger partial charge in [-0.05, 0) is 49.3 Å². The number of carbonyl (C=O) groups excluding carboxylic acids is 1. The van der Waals surface area contributed by atoms with Crippen LogP contribution in [0.2, 0.25) is 0 Å². The summed E-state index contributed by atoms with van der Waals surface area (Å²) in [5.41, 5.74) is 6.63. The third-order valence-electron chi connectivity index (χ3n) is 7.96. The summed E-state index contributed by atoms with van der Waals surface area (Å²) in [4.78, 5) is 38.8. The molecule has 5 rings (SSSR count). The molecule has 3 aromatic rings. The van der Waals surface area contributed by atoms with E-state index in [2.05, 4.69) is 26.6 Å². The number of benzene rings is 1. The van der Waals surface area contributed by atoms with Crippen molar-refractivity contribution in [2.75, 3.05) is 29.9 Å². The number of anilines is 2. The minimum atomic E-state index is -0.760. The molecule has 1 unspecified atom stereocenters. The molecule has 1 fully saturated rings. The van der Waals surface area contributed by atoms with Crippen LogP contribution in [-0.2, 0) is 22.8 Å². The zero-order valence-corrected chi connectivity index (χ0v) is 23.9. The van der Waals surface area contributed by atoms with Crippen molar-refractivity contribution in [1.82, 2.24) is 19.1 Å². The number of halogens is 1. The van der Waals surface area contributed by atoms with Crippen molar-refractivity contribution in [3.8, 4) is 0 Å². The SMILES string of the molecule is CC(C)C(N)C(=O)OCn1c(N(C)C2CCN(c3nc4c(n3Cc3ccc(F)cc3)=CCCC=4)CC2)nccc1=O. The molecular weight excluding hydrogens is 525 g/mol. The minimum absolute atomic E-state index is 0.0759. The van der Waals surface area contributed by atoms with E-state index in [9.17, 15) is 14.0 Å². The molecule has 3 heterocycles. The highest BCUT2D eigenvalue weighted by atomic mass is 19.1. The van der Waals surface area contributed by atoms with E-state index in [-0.39, 0.29) is 30.1 Å². The molecule has 10 nitrogen and oxygen atoms in total. The van der Waals surface area contributed by atoms with E-state index < -0.39 is 12.0 Å². The van der Waals surface area contributed by atoms with Gasteiger partial charge in [0.1, 0.15) is 11.9 Å². The maximum absolute atomic E-state index is 13.5. The molecule has 1 saturated heterocycles. The summed E-state index contributed by atoms with van der Waals surface area (Å²) < 4.78 is 22.5. The van der Waals surface area contributed by atoms with E-state index in [1.165, 1.54) is 29.0 Å². The van der Waals surface area contributed by atoms with E-state index in [4.69, 9.17) is 15.5 Å². The van der Waals surface area contributed by atoms with Crippen LogP contribution in [0.25, 0.3) is 12.2 Å². The van der Waals surface area contributed by atoms with Gasteiger partial charge in [-0.1, -0.05) is 38.1 Å². The summed E-state index contributed by atoms with van der Waals surface area (Å²) in [7, 11) is 1.92. The number of nitrogens with two attached hydrogens (primary N) is 1. The number of aromatic nitrogens is 4. The quantitative estimate of drug-likeness (QED) is 0.391. The minimum Gasteiger partial charge on any atom is -0.443 e. The lowest BCUT2D eigenvalue weighted by atomic mass is 10.0. The molecule has 2 N–H and O–H groups in total.